The number of H-pyrrole nitrogens is 2. The van der Waals surface area contributed by atoms with E-state index >= 15 is 4.39 Å². The van der Waals surface area contributed by atoms with Gasteiger partial charge < -0.3 is 45.1 Å². The molecule has 0 bridgehead atoms. The summed E-state index contributed by atoms with van der Waals surface area (Å²) in [6.07, 6.45) is -3.07. The lowest BCUT2D eigenvalue weighted by molar-refractivity contribution is -0.929. The summed E-state index contributed by atoms with van der Waals surface area (Å²) in [6.45, 7) is 1.60. The number of carbonyl (C=O) groups excluding carboxylic acids is 3. The average molecular weight is 924 g/mol. The summed E-state index contributed by atoms with van der Waals surface area (Å²) >= 11 is 6.52. The Labute approximate surface area is 367 Å². The highest BCUT2D eigenvalue weighted by Gasteiger charge is 2.42. The van der Waals surface area contributed by atoms with Crippen LogP contribution in [0.1, 0.15) is 50.8 Å². The van der Waals surface area contributed by atoms with Gasteiger partial charge in [0.05, 0.1) is 42.5 Å². The maximum atomic E-state index is 15.2. The number of benzene rings is 2. The van der Waals surface area contributed by atoms with Crippen LogP contribution < -0.4 is 16.0 Å². The molecule has 344 valence electrons. The summed E-state index contributed by atoms with van der Waals surface area (Å²) in [6, 6.07) is 7.79. The standard InChI is InChI=1S/C41H45ClF6N10O6/c42-31-16-26(2-3-28(31)39(63)57-10-8-56(9-11-57)38(62)24-5-12-58(13-6-24,22-33(59)60)21-23-18-49-19-23)53-37(61)36-51-20-27(52-36)15-30-34(54-55-35(30)41(46,47)48)29-4-1-25(17-32(29)43)50-7-14-64-40(44)45/h1-4,16-17,20,23-24,40,49H,5-15,18-19,21-22H2,(H4-,50,51,52,53,54,55,59,60,61,63)/p+1. The molecule has 0 atom stereocenters. The molecule has 4 aromatic rings. The number of likely N-dealkylation sites (tertiary alicyclic amines) is 1. The Hall–Kier alpha value is -5.71. The number of amides is 3. The second-order valence-electron chi connectivity index (χ2n) is 16.2. The molecular weight excluding hydrogens is 878 g/mol. The molecule has 2 aromatic carbocycles. The molecule has 3 amide bonds. The fraction of sp³-hybridized carbons (Fsp3) is 0.463. The van der Waals surface area contributed by atoms with E-state index in [0.29, 0.717) is 49.4 Å². The first kappa shape index (κ1) is 46.3. The quantitative estimate of drug-likeness (QED) is 0.0510. The van der Waals surface area contributed by atoms with E-state index in [4.69, 9.17) is 11.6 Å². The van der Waals surface area contributed by atoms with Gasteiger partial charge in [-0.15, -0.1) is 0 Å². The Bertz CT molecular complexity index is 2340. The number of imidazole rings is 1. The van der Waals surface area contributed by atoms with Crippen molar-refractivity contribution in [2.24, 2.45) is 11.8 Å². The Balaban J connectivity index is 0.930. The molecule has 23 heteroatoms. The Morgan fingerprint density at radius 1 is 1.00 bits per heavy atom. The molecular formula is C41H46ClF6N10O6+. The van der Waals surface area contributed by atoms with Crippen molar-refractivity contribution in [3.8, 4) is 11.3 Å². The number of carboxylic acids is 1. The molecule has 3 aliphatic heterocycles. The van der Waals surface area contributed by atoms with Crippen LogP contribution in [-0.2, 0) is 26.9 Å². The van der Waals surface area contributed by atoms with Crippen LogP contribution in [-0.4, -0.2) is 148 Å². The van der Waals surface area contributed by atoms with E-state index in [0.717, 1.165) is 31.9 Å². The number of nitrogens with one attached hydrogen (secondary N) is 5. The number of rotatable bonds is 16. The smallest absolute Gasteiger partial charge is 0.435 e. The number of aliphatic carboxylic acids is 1. The Kier molecular flexibility index (Phi) is 14.2. The highest BCUT2D eigenvalue weighted by Crippen LogP contribution is 2.37. The Morgan fingerprint density at radius 3 is 2.33 bits per heavy atom. The largest absolute Gasteiger partial charge is 0.477 e. The molecule has 2 aromatic heterocycles. The van der Waals surface area contributed by atoms with Crippen molar-refractivity contribution < 1.29 is 59.8 Å². The third kappa shape index (κ3) is 11.0. The SMILES string of the molecule is O=C(O)C[N+]1(CC2CNC2)CCC(C(=O)N2CCN(C(=O)c3ccc(NC(=O)c4ncc(Cc5c(C(F)(F)F)n[nH]c5-c5ccc(NCCOC(F)F)cc5F)[nH]4)cc3Cl)CC2)CC1. The number of alkyl halides is 5. The van der Waals surface area contributed by atoms with Crippen molar-refractivity contribution in [1.82, 2.24) is 35.3 Å². The molecule has 7 rings (SSSR count). The first-order chi connectivity index (χ1) is 30.5. The molecule has 0 radical (unpaired) electrons. The summed E-state index contributed by atoms with van der Waals surface area (Å²) in [5, 5.41) is 23.8. The van der Waals surface area contributed by atoms with E-state index in [-0.39, 0.29) is 95.3 Å². The van der Waals surface area contributed by atoms with Gasteiger partial charge in [0.1, 0.15) is 5.82 Å². The molecule has 3 saturated heterocycles. The van der Waals surface area contributed by atoms with E-state index < -0.39 is 48.2 Å². The van der Waals surface area contributed by atoms with E-state index in [2.05, 4.69) is 40.9 Å². The zero-order chi connectivity index (χ0) is 45.8. The number of carboxylic acid groups (broad SMARTS) is 1. The van der Waals surface area contributed by atoms with Crippen molar-refractivity contribution in [2.75, 3.05) is 89.2 Å². The minimum Gasteiger partial charge on any atom is -0.477 e. The third-order valence-corrected chi connectivity index (χ3v) is 12.1. The van der Waals surface area contributed by atoms with Gasteiger partial charge in [-0.3, -0.25) is 19.5 Å². The normalized spacial score (nSPS) is 19.4. The van der Waals surface area contributed by atoms with E-state index in [1.165, 1.54) is 30.3 Å². The molecule has 0 saturated carbocycles. The van der Waals surface area contributed by atoms with Crippen LogP contribution in [0.4, 0.5) is 37.7 Å². The lowest BCUT2D eigenvalue weighted by Crippen LogP contribution is -2.62. The molecule has 3 aliphatic rings. The molecule has 0 unspecified atom stereocenters. The predicted octanol–water partition coefficient (Wildman–Crippen LogP) is 4.92. The van der Waals surface area contributed by atoms with E-state index in [9.17, 15) is 46.2 Å². The number of nitrogens with zero attached hydrogens (tertiary/aromatic N) is 5. The van der Waals surface area contributed by atoms with Gasteiger partial charge in [-0.1, -0.05) is 11.6 Å². The molecule has 3 fully saturated rings. The number of piperidine rings is 1. The van der Waals surface area contributed by atoms with E-state index in [1.54, 1.807) is 9.80 Å². The summed E-state index contributed by atoms with van der Waals surface area (Å²) in [5.41, 5.74) is -1.70. The van der Waals surface area contributed by atoms with Crippen molar-refractivity contribution in [2.45, 2.75) is 32.1 Å². The van der Waals surface area contributed by atoms with Crippen molar-refractivity contribution in [3.05, 3.63) is 81.8 Å². The number of hydrogen-bond donors (Lipinski definition) is 6. The monoisotopic (exact) mass is 923 g/mol. The number of ether oxygens (including phenoxy) is 1. The highest BCUT2D eigenvalue weighted by molar-refractivity contribution is 6.34. The molecule has 0 aliphatic carbocycles. The molecule has 64 heavy (non-hydrogen) atoms. The van der Waals surface area contributed by atoms with Gasteiger partial charge >= 0.3 is 18.8 Å². The van der Waals surface area contributed by atoms with Gasteiger partial charge in [-0.05, 0) is 36.4 Å². The number of quaternary nitrogens is 1. The Morgan fingerprint density at radius 2 is 1.70 bits per heavy atom. The zero-order valence-corrected chi connectivity index (χ0v) is 35.0. The van der Waals surface area contributed by atoms with Crippen LogP contribution in [0.15, 0.2) is 42.6 Å². The van der Waals surface area contributed by atoms with Gasteiger partial charge in [0.25, 0.3) is 11.8 Å². The molecule has 6 N–H and O–H groups in total. The number of aromatic nitrogens is 4. The predicted molar refractivity (Wildman–Crippen MR) is 219 cm³/mol. The van der Waals surface area contributed by atoms with Crippen LogP contribution in [0.5, 0.6) is 0 Å². The first-order valence-corrected chi connectivity index (χ1v) is 20.9. The summed E-state index contributed by atoms with van der Waals surface area (Å²) in [7, 11) is 0. The van der Waals surface area contributed by atoms with Gasteiger partial charge in [0, 0.05) is 111 Å². The zero-order valence-electron chi connectivity index (χ0n) is 34.3. The second-order valence-corrected chi connectivity index (χ2v) is 16.6. The number of anilines is 2. The average Bonchev–Trinajstić information content (AvgIpc) is 3.89. The number of carbonyl (C=O) groups is 4. The summed E-state index contributed by atoms with van der Waals surface area (Å²) in [5.74, 6) is -2.95. The summed E-state index contributed by atoms with van der Waals surface area (Å²) in [4.78, 5) is 61.9. The third-order valence-electron chi connectivity index (χ3n) is 11.8. The van der Waals surface area contributed by atoms with Gasteiger partial charge in [0.2, 0.25) is 5.91 Å². The maximum Gasteiger partial charge on any atom is 0.435 e. The second kappa shape index (κ2) is 19.6. The van der Waals surface area contributed by atoms with Gasteiger partial charge in [-0.2, -0.15) is 27.1 Å². The van der Waals surface area contributed by atoms with Crippen molar-refractivity contribution in [3.63, 3.8) is 0 Å². The van der Waals surface area contributed by atoms with Gasteiger partial charge in [0.15, 0.2) is 18.1 Å². The van der Waals surface area contributed by atoms with Crippen LogP contribution in [0.25, 0.3) is 11.3 Å². The van der Waals surface area contributed by atoms with Crippen LogP contribution in [0, 0.1) is 17.7 Å². The first-order valence-electron chi connectivity index (χ1n) is 20.6. The molecule has 5 heterocycles. The fourth-order valence-corrected chi connectivity index (χ4v) is 8.78. The maximum absolute atomic E-state index is 15.2. The van der Waals surface area contributed by atoms with Crippen molar-refractivity contribution in [1.29, 1.82) is 0 Å². The molecule has 0 spiro atoms. The number of piperazine rings is 1. The minimum absolute atomic E-state index is 0.0111. The topological polar surface area (TPSA) is 198 Å². The lowest BCUT2D eigenvalue weighted by Gasteiger charge is -2.46. The summed E-state index contributed by atoms with van der Waals surface area (Å²) < 4.78 is 86.5. The minimum atomic E-state index is -4.93. The number of hydrogen-bond acceptors (Lipinski definition) is 9. The van der Waals surface area contributed by atoms with E-state index in [1.807, 2.05) is 0 Å². The van der Waals surface area contributed by atoms with Crippen LogP contribution >= 0.6 is 11.6 Å². The van der Waals surface area contributed by atoms with Crippen molar-refractivity contribution >= 4 is 46.7 Å². The van der Waals surface area contributed by atoms with Crippen LogP contribution in [0.3, 0.4) is 0 Å². The van der Waals surface area contributed by atoms with Gasteiger partial charge in [-0.25, -0.2) is 14.2 Å². The highest BCUT2D eigenvalue weighted by atomic mass is 35.5. The fourth-order valence-electron chi connectivity index (χ4n) is 8.52. The number of aromatic amines is 2. The molecule has 16 nitrogen and oxygen atoms in total. The van der Waals surface area contributed by atoms with Crippen LogP contribution in [0.2, 0.25) is 5.02 Å². The lowest BCUT2D eigenvalue weighted by atomic mass is 9.90. The number of halogens is 7.